The van der Waals surface area contributed by atoms with E-state index in [9.17, 15) is 4.21 Å². The third-order valence-electron chi connectivity index (χ3n) is 1.12. The average molecular weight is 131 g/mol. The van der Waals surface area contributed by atoms with E-state index in [1.54, 1.807) is 5.41 Å². The Kier molecular flexibility index (Phi) is 1.68. The molecule has 0 N–H and O–H groups in total. The van der Waals surface area contributed by atoms with Crippen molar-refractivity contribution in [1.29, 1.82) is 0 Å². The van der Waals surface area contributed by atoms with E-state index in [2.05, 4.69) is 0 Å². The Morgan fingerprint density at radius 3 is 2.88 bits per heavy atom. The molecular formula is C5H9NOS. The van der Waals surface area contributed by atoms with Gasteiger partial charge >= 0.3 is 0 Å². The van der Waals surface area contributed by atoms with Crippen molar-refractivity contribution in [2.24, 2.45) is 0 Å². The van der Waals surface area contributed by atoms with Crippen LogP contribution >= 0.6 is 0 Å². The first kappa shape index (κ1) is 5.82. The van der Waals surface area contributed by atoms with Gasteiger partial charge in [0.15, 0.2) is 0 Å². The van der Waals surface area contributed by atoms with Crippen LogP contribution in [0.25, 0.3) is 0 Å². The van der Waals surface area contributed by atoms with E-state index in [4.69, 9.17) is 0 Å². The van der Waals surface area contributed by atoms with Crippen molar-refractivity contribution in [2.45, 2.75) is 6.92 Å². The molecule has 0 aromatic rings. The van der Waals surface area contributed by atoms with E-state index < -0.39 is 10.8 Å². The number of rotatable bonds is 1. The fourth-order valence-corrected chi connectivity index (χ4v) is 1.59. The van der Waals surface area contributed by atoms with Gasteiger partial charge in [-0.3, -0.25) is 4.21 Å². The Hall–Kier alpha value is -0.310. The highest BCUT2D eigenvalue weighted by Gasteiger charge is 2.06. The molecule has 1 atom stereocenters. The molecule has 0 saturated heterocycles. The predicted octanol–water partition coefficient (Wildman–Crippen LogP) is 0.499. The highest BCUT2D eigenvalue weighted by atomic mass is 32.2. The summed E-state index contributed by atoms with van der Waals surface area (Å²) < 4.78 is 10.6. The van der Waals surface area contributed by atoms with Gasteiger partial charge in [-0.15, -0.1) is 0 Å². The van der Waals surface area contributed by atoms with Gasteiger partial charge in [0.05, 0.1) is 16.7 Å². The molecule has 1 rings (SSSR count). The van der Waals surface area contributed by atoms with E-state index >= 15 is 0 Å². The molecule has 2 nitrogen and oxygen atoms in total. The first-order valence-electron chi connectivity index (χ1n) is 2.62. The van der Waals surface area contributed by atoms with Crippen LogP contribution < -0.4 is 0 Å². The van der Waals surface area contributed by atoms with Crippen LogP contribution in [-0.2, 0) is 10.8 Å². The average Bonchev–Trinajstić information content (AvgIpc) is 2.14. The lowest BCUT2D eigenvalue weighted by Gasteiger charge is -2.08. The van der Waals surface area contributed by atoms with Gasteiger partial charge in [-0.05, 0) is 6.92 Å². The van der Waals surface area contributed by atoms with Crippen molar-refractivity contribution < 1.29 is 4.21 Å². The fraction of sp³-hybridized carbons (Fsp3) is 0.600. The summed E-state index contributed by atoms with van der Waals surface area (Å²) in [5, 5.41) is 1.73. The van der Waals surface area contributed by atoms with Crippen molar-refractivity contribution in [2.75, 3.05) is 12.4 Å². The molecule has 1 aliphatic rings. The first-order valence-corrected chi connectivity index (χ1v) is 4.00. The van der Waals surface area contributed by atoms with Crippen LogP contribution in [0.15, 0.2) is 11.6 Å². The van der Waals surface area contributed by atoms with Gasteiger partial charge < -0.3 is 4.90 Å². The van der Waals surface area contributed by atoms with Crippen LogP contribution in [0.4, 0.5) is 0 Å². The van der Waals surface area contributed by atoms with E-state index in [0.29, 0.717) is 5.88 Å². The van der Waals surface area contributed by atoms with Crippen molar-refractivity contribution >= 4 is 10.8 Å². The largest absolute Gasteiger partial charge is 0.365 e. The fourth-order valence-electron chi connectivity index (χ4n) is 0.600. The summed E-state index contributed by atoms with van der Waals surface area (Å²) in [7, 11) is -0.707. The zero-order valence-electron chi connectivity index (χ0n) is 4.83. The molecule has 0 amide bonds. The van der Waals surface area contributed by atoms with Crippen molar-refractivity contribution in [3.63, 3.8) is 0 Å². The molecule has 0 bridgehead atoms. The Morgan fingerprint density at radius 1 is 1.88 bits per heavy atom. The third-order valence-corrected chi connectivity index (χ3v) is 2.13. The van der Waals surface area contributed by atoms with Crippen LogP contribution in [-0.4, -0.2) is 21.5 Å². The minimum atomic E-state index is -0.707. The Bertz CT molecular complexity index is 132. The SMILES string of the molecule is CCN1C=CS(=O)C1. The van der Waals surface area contributed by atoms with Gasteiger partial charge in [0, 0.05) is 18.2 Å². The van der Waals surface area contributed by atoms with E-state index in [1.807, 2.05) is 18.0 Å². The maximum absolute atomic E-state index is 10.6. The summed E-state index contributed by atoms with van der Waals surface area (Å²) in [6, 6.07) is 0. The van der Waals surface area contributed by atoms with Crippen LogP contribution in [0.5, 0.6) is 0 Å². The molecule has 8 heavy (non-hydrogen) atoms. The maximum atomic E-state index is 10.6. The van der Waals surface area contributed by atoms with Crippen LogP contribution in [0, 0.1) is 0 Å². The number of hydrogen-bond donors (Lipinski definition) is 0. The molecule has 0 aromatic carbocycles. The molecule has 0 spiro atoms. The van der Waals surface area contributed by atoms with Crippen molar-refractivity contribution in [3.05, 3.63) is 11.6 Å². The van der Waals surface area contributed by atoms with Crippen LogP contribution in [0.1, 0.15) is 6.92 Å². The second-order valence-corrected chi connectivity index (χ2v) is 2.99. The third kappa shape index (κ3) is 1.10. The topological polar surface area (TPSA) is 20.3 Å². The molecule has 1 unspecified atom stereocenters. The lowest BCUT2D eigenvalue weighted by atomic mass is 10.7. The highest BCUT2D eigenvalue weighted by Crippen LogP contribution is 2.02. The predicted molar refractivity (Wildman–Crippen MR) is 34.5 cm³/mol. The monoisotopic (exact) mass is 131 g/mol. The molecule has 0 fully saturated rings. The number of hydrogen-bond acceptors (Lipinski definition) is 2. The van der Waals surface area contributed by atoms with E-state index in [0.717, 1.165) is 6.54 Å². The lowest BCUT2D eigenvalue weighted by Crippen LogP contribution is -2.14. The van der Waals surface area contributed by atoms with Gasteiger partial charge in [-0.2, -0.15) is 0 Å². The van der Waals surface area contributed by atoms with Crippen LogP contribution in [0.2, 0.25) is 0 Å². The minimum Gasteiger partial charge on any atom is -0.365 e. The summed E-state index contributed by atoms with van der Waals surface area (Å²) >= 11 is 0. The maximum Gasteiger partial charge on any atom is 0.0973 e. The summed E-state index contributed by atoms with van der Waals surface area (Å²) in [6.45, 7) is 3.01. The molecule has 0 aliphatic carbocycles. The molecule has 0 aromatic heterocycles. The normalized spacial score (nSPS) is 27.1. The summed E-state index contributed by atoms with van der Waals surface area (Å²) in [5.74, 6) is 0.691. The second-order valence-electron chi connectivity index (χ2n) is 1.70. The molecule has 0 saturated carbocycles. The van der Waals surface area contributed by atoms with Gasteiger partial charge in [0.1, 0.15) is 0 Å². The zero-order valence-corrected chi connectivity index (χ0v) is 5.65. The Balaban J connectivity index is 2.46. The standard InChI is InChI=1S/C5H9NOS/c1-2-6-3-4-8(7)5-6/h3-4H,2,5H2,1H3. The molecule has 0 radical (unpaired) electrons. The van der Waals surface area contributed by atoms with Crippen LogP contribution in [0.3, 0.4) is 0 Å². The minimum absolute atomic E-state index is 0.691. The smallest absolute Gasteiger partial charge is 0.0973 e. The molecular weight excluding hydrogens is 122 g/mol. The second kappa shape index (κ2) is 2.31. The van der Waals surface area contributed by atoms with Gasteiger partial charge in [0.2, 0.25) is 0 Å². The molecule has 1 heterocycles. The van der Waals surface area contributed by atoms with Gasteiger partial charge in [-0.1, -0.05) is 0 Å². The molecule has 46 valence electrons. The quantitative estimate of drug-likeness (QED) is 0.516. The van der Waals surface area contributed by atoms with Crippen molar-refractivity contribution in [1.82, 2.24) is 4.90 Å². The summed E-state index contributed by atoms with van der Waals surface area (Å²) in [4.78, 5) is 2.02. The van der Waals surface area contributed by atoms with Gasteiger partial charge in [0.25, 0.3) is 0 Å². The zero-order chi connectivity index (χ0) is 5.98. The Morgan fingerprint density at radius 2 is 2.62 bits per heavy atom. The summed E-state index contributed by atoms with van der Waals surface area (Å²) in [6.07, 6.45) is 1.89. The first-order chi connectivity index (χ1) is 3.83. The Labute approximate surface area is 51.6 Å². The molecule has 3 heteroatoms. The van der Waals surface area contributed by atoms with Gasteiger partial charge in [-0.25, -0.2) is 0 Å². The number of nitrogens with zero attached hydrogens (tertiary/aromatic N) is 1. The van der Waals surface area contributed by atoms with E-state index in [1.165, 1.54) is 0 Å². The highest BCUT2D eigenvalue weighted by molar-refractivity contribution is 7.88. The molecule has 1 aliphatic heterocycles. The summed E-state index contributed by atoms with van der Waals surface area (Å²) in [5.41, 5.74) is 0. The lowest BCUT2D eigenvalue weighted by molar-refractivity contribution is 0.469. The van der Waals surface area contributed by atoms with Crippen molar-refractivity contribution in [3.8, 4) is 0 Å². The van der Waals surface area contributed by atoms with E-state index in [-0.39, 0.29) is 0 Å².